The Bertz CT molecular complexity index is 1320. The second kappa shape index (κ2) is 16.7. The van der Waals surface area contributed by atoms with Gasteiger partial charge >= 0.3 is 0 Å². The second-order valence-electron chi connectivity index (χ2n) is 12.1. The first kappa shape index (κ1) is 34.4. The summed E-state index contributed by atoms with van der Waals surface area (Å²) >= 11 is 6.47. The lowest BCUT2D eigenvalue weighted by Crippen LogP contribution is -2.46. The molecule has 244 valence electrons. The van der Waals surface area contributed by atoms with Crippen LogP contribution in [0.25, 0.3) is 0 Å². The molecule has 0 aromatic heterocycles. The number of halogens is 1. The van der Waals surface area contributed by atoms with Gasteiger partial charge in [0, 0.05) is 48.9 Å². The van der Waals surface area contributed by atoms with E-state index < -0.39 is 5.91 Å². The summed E-state index contributed by atoms with van der Waals surface area (Å²) < 4.78 is 5.22. The Morgan fingerprint density at radius 3 is 2.29 bits per heavy atom. The summed E-state index contributed by atoms with van der Waals surface area (Å²) in [7, 11) is 1.52. The van der Waals surface area contributed by atoms with E-state index in [0.29, 0.717) is 49.0 Å². The molecule has 2 aliphatic rings. The van der Waals surface area contributed by atoms with Crippen molar-refractivity contribution in [2.75, 3.05) is 64.4 Å². The van der Waals surface area contributed by atoms with E-state index in [1.807, 2.05) is 42.2 Å². The molecule has 4 amide bonds. The second-order valence-corrected chi connectivity index (χ2v) is 12.6. The molecule has 0 aliphatic carbocycles. The maximum absolute atomic E-state index is 13.9. The van der Waals surface area contributed by atoms with Crippen LogP contribution in [0.4, 0.5) is 5.69 Å². The standard InChI is InChI=1S/C34H46ClN5O5/c1-24-4-9-29(21-30(24)35)40(34(44)28-12-18-39(19-13-28)32(42)23-45-22-31(41)37-2)15-3-14-38-16-10-26(11-17-38)20-25-5-7-27(8-6-25)33(36)43/h4-9,21,26,28H,3,10-20,22-23H2,1-2H3,(H2,36,43)(H,37,41). The number of hydrogen-bond donors (Lipinski definition) is 2. The van der Waals surface area contributed by atoms with Gasteiger partial charge in [-0.1, -0.05) is 29.8 Å². The van der Waals surface area contributed by atoms with Crippen LogP contribution >= 0.6 is 11.6 Å². The van der Waals surface area contributed by atoms with Crippen molar-refractivity contribution in [2.45, 2.75) is 45.4 Å². The summed E-state index contributed by atoms with van der Waals surface area (Å²) in [5, 5.41) is 3.09. The highest BCUT2D eigenvalue weighted by atomic mass is 35.5. The molecule has 2 aromatic carbocycles. The Kier molecular flexibility index (Phi) is 12.8. The van der Waals surface area contributed by atoms with E-state index >= 15 is 0 Å². The molecule has 2 heterocycles. The number of anilines is 1. The number of ether oxygens (including phenoxy) is 1. The normalized spacial score (nSPS) is 16.4. The van der Waals surface area contributed by atoms with Crippen molar-refractivity contribution < 1.29 is 23.9 Å². The Hall–Kier alpha value is -3.47. The predicted molar refractivity (Wildman–Crippen MR) is 175 cm³/mol. The average Bonchev–Trinajstić information content (AvgIpc) is 3.05. The van der Waals surface area contributed by atoms with Crippen LogP contribution < -0.4 is 16.0 Å². The highest BCUT2D eigenvalue weighted by molar-refractivity contribution is 6.31. The predicted octanol–water partition coefficient (Wildman–Crippen LogP) is 3.43. The van der Waals surface area contributed by atoms with Crippen molar-refractivity contribution in [1.82, 2.24) is 15.1 Å². The van der Waals surface area contributed by atoms with Gasteiger partial charge in [0.05, 0.1) is 0 Å². The fraction of sp³-hybridized carbons (Fsp3) is 0.529. The molecular formula is C34H46ClN5O5. The van der Waals surface area contributed by atoms with Gasteiger partial charge in [-0.2, -0.15) is 0 Å². The van der Waals surface area contributed by atoms with E-state index in [2.05, 4.69) is 10.2 Å². The van der Waals surface area contributed by atoms with Crippen molar-refractivity contribution >= 4 is 40.9 Å². The van der Waals surface area contributed by atoms with Crippen LogP contribution in [0, 0.1) is 18.8 Å². The topological polar surface area (TPSA) is 125 Å². The van der Waals surface area contributed by atoms with E-state index in [9.17, 15) is 19.2 Å². The number of likely N-dealkylation sites (tertiary alicyclic amines) is 2. The first-order chi connectivity index (χ1) is 21.6. The van der Waals surface area contributed by atoms with Gasteiger partial charge in [0.1, 0.15) is 13.2 Å². The maximum atomic E-state index is 13.9. The van der Waals surface area contributed by atoms with Crippen LogP contribution in [0.3, 0.4) is 0 Å². The van der Waals surface area contributed by atoms with Gasteiger partial charge in [0.15, 0.2) is 0 Å². The first-order valence-corrected chi connectivity index (χ1v) is 16.3. The number of carbonyl (C=O) groups is 4. The summed E-state index contributed by atoms with van der Waals surface area (Å²) in [4.78, 5) is 55.2. The molecule has 2 saturated heterocycles. The number of nitrogens with zero attached hydrogens (tertiary/aromatic N) is 3. The lowest BCUT2D eigenvalue weighted by molar-refractivity contribution is -0.140. The minimum absolute atomic E-state index is 0.0685. The number of nitrogens with two attached hydrogens (primary N) is 1. The molecule has 0 atom stereocenters. The van der Waals surface area contributed by atoms with Gasteiger partial charge in [-0.3, -0.25) is 19.2 Å². The van der Waals surface area contributed by atoms with Crippen LogP contribution in [0.5, 0.6) is 0 Å². The molecule has 2 fully saturated rings. The van der Waals surface area contributed by atoms with Crippen molar-refractivity contribution in [2.24, 2.45) is 17.6 Å². The summed E-state index contributed by atoms with van der Waals surface area (Å²) in [6.45, 7) is 6.14. The lowest BCUT2D eigenvalue weighted by atomic mass is 9.90. The molecule has 0 radical (unpaired) electrons. The Morgan fingerprint density at radius 2 is 1.67 bits per heavy atom. The third-order valence-corrected chi connectivity index (χ3v) is 9.40. The molecule has 0 unspecified atom stereocenters. The van der Waals surface area contributed by atoms with Gasteiger partial charge in [-0.15, -0.1) is 0 Å². The molecule has 3 N–H and O–H groups in total. The van der Waals surface area contributed by atoms with Crippen molar-refractivity contribution in [1.29, 1.82) is 0 Å². The molecule has 0 spiro atoms. The number of benzene rings is 2. The molecule has 45 heavy (non-hydrogen) atoms. The van der Waals surface area contributed by atoms with E-state index in [0.717, 1.165) is 56.6 Å². The summed E-state index contributed by atoms with van der Waals surface area (Å²) in [5.41, 5.74) is 8.90. The van der Waals surface area contributed by atoms with E-state index in [4.69, 9.17) is 22.1 Å². The number of hydrogen-bond acceptors (Lipinski definition) is 6. The fourth-order valence-corrected chi connectivity index (χ4v) is 6.29. The highest BCUT2D eigenvalue weighted by Crippen LogP contribution is 2.28. The quantitative estimate of drug-likeness (QED) is 0.346. The third kappa shape index (κ3) is 10.0. The Labute approximate surface area is 271 Å². The fourth-order valence-electron chi connectivity index (χ4n) is 6.11. The molecule has 11 heteroatoms. The largest absolute Gasteiger partial charge is 0.366 e. The van der Waals surface area contributed by atoms with Gasteiger partial charge < -0.3 is 30.5 Å². The highest BCUT2D eigenvalue weighted by Gasteiger charge is 2.31. The number of amides is 4. The first-order valence-electron chi connectivity index (χ1n) is 15.9. The summed E-state index contributed by atoms with van der Waals surface area (Å²) in [6.07, 6.45) is 5.22. The molecule has 0 saturated carbocycles. The number of primary amides is 1. The molecule has 2 aliphatic heterocycles. The zero-order valence-electron chi connectivity index (χ0n) is 26.4. The number of piperidine rings is 2. The summed E-state index contributed by atoms with van der Waals surface area (Å²) in [5.74, 6) is -0.364. The van der Waals surface area contributed by atoms with Crippen LogP contribution in [0.2, 0.25) is 5.02 Å². The number of likely N-dealkylation sites (N-methyl/N-ethyl adjacent to an activating group) is 1. The Balaban J connectivity index is 1.27. The van der Waals surface area contributed by atoms with E-state index in [-0.39, 0.29) is 36.9 Å². The molecule has 10 nitrogen and oxygen atoms in total. The van der Waals surface area contributed by atoms with Crippen LogP contribution in [-0.2, 0) is 25.5 Å². The van der Waals surface area contributed by atoms with Crippen molar-refractivity contribution in [3.8, 4) is 0 Å². The number of carbonyl (C=O) groups excluding carboxylic acids is 4. The lowest BCUT2D eigenvalue weighted by Gasteiger charge is -2.35. The number of aryl methyl sites for hydroxylation is 1. The third-order valence-electron chi connectivity index (χ3n) is 8.99. The number of nitrogens with one attached hydrogen (secondary N) is 1. The average molecular weight is 640 g/mol. The maximum Gasteiger partial charge on any atom is 0.248 e. The SMILES string of the molecule is CNC(=O)COCC(=O)N1CCC(C(=O)N(CCCN2CCC(Cc3ccc(C(N)=O)cc3)CC2)c2ccc(C)c(Cl)c2)CC1. The van der Waals surface area contributed by atoms with Crippen LogP contribution in [-0.4, -0.2) is 93.0 Å². The number of rotatable bonds is 13. The molecule has 2 aromatic rings. The smallest absolute Gasteiger partial charge is 0.248 e. The zero-order valence-corrected chi connectivity index (χ0v) is 27.2. The summed E-state index contributed by atoms with van der Waals surface area (Å²) in [6, 6.07) is 13.4. The van der Waals surface area contributed by atoms with Gasteiger partial charge in [-0.05, 0) is 106 Å². The van der Waals surface area contributed by atoms with Gasteiger partial charge in [0.2, 0.25) is 23.6 Å². The van der Waals surface area contributed by atoms with Gasteiger partial charge in [-0.25, -0.2) is 0 Å². The van der Waals surface area contributed by atoms with Crippen molar-refractivity contribution in [3.05, 3.63) is 64.2 Å². The van der Waals surface area contributed by atoms with E-state index in [1.54, 1.807) is 17.0 Å². The zero-order chi connectivity index (χ0) is 32.3. The molecule has 4 rings (SSSR count). The van der Waals surface area contributed by atoms with E-state index in [1.165, 1.54) is 12.6 Å². The van der Waals surface area contributed by atoms with Crippen LogP contribution in [0.1, 0.15) is 53.6 Å². The minimum Gasteiger partial charge on any atom is -0.366 e. The molecular weight excluding hydrogens is 594 g/mol. The molecule has 0 bridgehead atoms. The monoisotopic (exact) mass is 639 g/mol. The Morgan fingerprint density at radius 1 is 0.978 bits per heavy atom. The van der Waals surface area contributed by atoms with Crippen molar-refractivity contribution in [3.63, 3.8) is 0 Å². The van der Waals surface area contributed by atoms with Crippen LogP contribution in [0.15, 0.2) is 42.5 Å². The minimum atomic E-state index is -0.403. The van der Waals surface area contributed by atoms with Gasteiger partial charge in [0.25, 0.3) is 0 Å².